The number of likely N-dealkylation sites (N-methyl/N-ethyl adjacent to an activating group) is 1. The second-order valence-corrected chi connectivity index (χ2v) is 8.87. The molecule has 0 aliphatic heterocycles. The average Bonchev–Trinajstić information content (AvgIpc) is 3.16. The van der Waals surface area contributed by atoms with Gasteiger partial charge in [0.25, 0.3) is 5.91 Å². The van der Waals surface area contributed by atoms with Gasteiger partial charge in [0.1, 0.15) is 18.0 Å². The molecule has 2 amide bonds. The first-order valence-corrected chi connectivity index (χ1v) is 11.0. The van der Waals surface area contributed by atoms with Crippen LogP contribution in [-0.2, 0) is 9.53 Å². The molecule has 180 valence electrons. The Balaban J connectivity index is 1.52. The van der Waals surface area contributed by atoms with E-state index in [0.717, 1.165) is 39.3 Å². The summed E-state index contributed by atoms with van der Waals surface area (Å²) in [6.07, 6.45) is -0.812. The van der Waals surface area contributed by atoms with Gasteiger partial charge in [-0.2, -0.15) is 0 Å². The van der Waals surface area contributed by atoms with Crippen LogP contribution in [0.15, 0.2) is 66.7 Å². The maximum absolute atomic E-state index is 14.0. The number of amides is 2. The third kappa shape index (κ3) is 4.47. The van der Waals surface area contributed by atoms with Crippen LogP contribution in [0, 0.1) is 5.82 Å². The fourth-order valence-corrected chi connectivity index (χ4v) is 4.12. The summed E-state index contributed by atoms with van der Waals surface area (Å²) < 4.78 is 19.5. The molecule has 35 heavy (non-hydrogen) atoms. The molecule has 0 atom stereocenters. The molecule has 3 aromatic rings. The van der Waals surface area contributed by atoms with E-state index in [-0.39, 0.29) is 23.8 Å². The molecular formula is C27H25FN2O5. The van der Waals surface area contributed by atoms with E-state index >= 15 is 0 Å². The lowest BCUT2D eigenvalue weighted by atomic mass is 9.98. The van der Waals surface area contributed by atoms with Crippen molar-refractivity contribution < 1.29 is 28.6 Å². The van der Waals surface area contributed by atoms with Crippen molar-refractivity contribution in [1.82, 2.24) is 4.90 Å². The molecule has 0 spiro atoms. The fraction of sp³-hybridized carbons (Fsp3) is 0.222. The molecule has 4 rings (SSSR count). The number of carbonyl (C=O) groups excluding carboxylic acids is 2. The van der Waals surface area contributed by atoms with Gasteiger partial charge in [0.2, 0.25) is 0 Å². The number of hydrogen-bond acceptors (Lipinski definition) is 4. The smallest absolute Gasteiger partial charge is 0.411 e. The molecular weight excluding hydrogens is 451 g/mol. The molecule has 8 heteroatoms. The summed E-state index contributed by atoms with van der Waals surface area (Å²) in [6.45, 7) is 2.77. The van der Waals surface area contributed by atoms with E-state index in [1.807, 2.05) is 48.5 Å². The monoisotopic (exact) mass is 476 g/mol. The highest BCUT2D eigenvalue weighted by Crippen LogP contribution is 2.44. The van der Waals surface area contributed by atoms with E-state index in [0.29, 0.717) is 0 Å². The number of benzene rings is 3. The summed E-state index contributed by atoms with van der Waals surface area (Å²) in [4.78, 5) is 38.2. The van der Waals surface area contributed by atoms with Crippen molar-refractivity contribution in [3.05, 3.63) is 89.2 Å². The Kier molecular flexibility index (Phi) is 6.30. The molecule has 0 saturated heterocycles. The van der Waals surface area contributed by atoms with Crippen molar-refractivity contribution in [2.45, 2.75) is 25.3 Å². The van der Waals surface area contributed by atoms with Crippen molar-refractivity contribution >= 4 is 23.7 Å². The summed E-state index contributed by atoms with van der Waals surface area (Å²) in [6, 6.07) is 19.1. The minimum atomic E-state index is -1.55. The Hall–Kier alpha value is -4.20. The summed E-state index contributed by atoms with van der Waals surface area (Å²) in [5.74, 6) is -2.83. The second kappa shape index (κ2) is 9.21. The fourth-order valence-electron chi connectivity index (χ4n) is 4.12. The SMILES string of the molecule is CN(C(=O)c1cc(F)ccc1NC(=O)OCC1c2ccccc2-c2ccccc21)C(C)(C)C(=O)O. The van der Waals surface area contributed by atoms with Gasteiger partial charge >= 0.3 is 12.1 Å². The zero-order chi connectivity index (χ0) is 25.3. The Labute approximate surface area is 202 Å². The summed E-state index contributed by atoms with van der Waals surface area (Å²) in [5, 5.41) is 11.9. The zero-order valence-electron chi connectivity index (χ0n) is 19.5. The molecule has 0 aromatic heterocycles. The Morgan fingerprint density at radius 3 is 2.14 bits per heavy atom. The van der Waals surface area contributed by atoms with Crippen LogP contribution < -0.4 is 5.32 Å². The van der Waals surface area contributed by atoms with Crippen LogP contribution >= 0.6 is 0 Å². The number of fused-ring (bicyclic) bond motifs is 3. The lowest BCUT2D eigenvalue weighted by Gasteiger charge is -2.32. The predicted molar refractivity (Wildman–Crippen MR) is 129 cm³/mol. The van der Waals surface area contributed by atoms with Crippen molar-refractivity contribution in [2.75, 3.05) is 19.0 Å². The number of carbonyl (C=O) groups is 3. The van der Waals surface area contributed by atoms with Gasteiger partial charge in [-0.1, -0.05) is 48.5 Å². The van der Waals surface area contributed by atoms with Crippen LogP contribution in [0.1, 0.15) is 41.3 Å². The van der Waals surface area contributed by atoms with Crippen LogP contribution in [0.25, 0.3) is 11.1 Å². The zero-order valence-corrected chi connectivity index (χ0v) is 19.5. The van der Waals surface area contributed by atoms with Crippen molar-refractivity contribution in [3.8, 4) is 11.1 Å². The first-order chi connectivity index (χ1) is 16.6. The number of hydrogen-bond donors (Lipinski definition) is 2. The largest absolute Gasteiger partial charge is 0.480 e. The van der Waals surface area contributed by atoms with Crippen LogP contribution in [-0.4, -0.2) is 47.2 Å². The number of carboxylic acid groups (broad SMARTS) is 1. The normalized spacial score (nSPS) is 12.5. The highest BCUT2D eigenvalue weighted by molar-refractivity contribution is 6.04. The Morgan fingerprint density at radius 1 is 1.00 bits per heavy atom. The van der Waals surface area contributed by atoms with Crippen molar-refractivity contribution in [2.24, 2.45) is 0 Å². The van der Waals surface area contributed by atoms with Gasteiger partial charge in [0, 0.05) is 13.0 Å². The Bertz CT molecular complexity index is 1270. The van der Waals surface area contributed by atoms with Gasteiger partial charge in [0.15, 0.2) is 0 Å². The van der Waals surface area contributed by atoms with Crippen molar-refractivity contribution in [1.29, 1.82) is 0 Å². The van der Waals surface area contributed by atoms with Gasteiger partial charge in [-0.15, -0.1) is 0 Å². The summed E-state index contributed by atoms with van der Waals surface area (Å²) >= 11 is 0. The van der Waals surface area contributed by atoms with E-state index in [9.17, 15) is 23.9 Å². The molecule has 2 N–H and O–H groups in total. The number of ether oxygens (including phenoxy) is 1. The maximum atomic E-state index is 14.0. The average molecular weight is 477 g/mol. The van der Waals surface area contributed by atoms with Crippen LogP contribution in [0.2, 0.25) is 0 Å². The van der Waals surface area contributed by atoms with Crippen LogP contribution in [0.3, 0.4) is 0 Å². The first-order valence-electron chi connectivity index (χ1n) is 11.0. The number of nitrogens with zero attached hydrogens (tertiary/aromatic N) is 1. The van der Waals surface area contributed by atoms with E-state index < -0.39 is 29.3 Å². The molecule has 1 aliphatic carbocycles. The quantitative estimate of drug-likeness (QED) is 0.515. The number of carboxylic acids is 1. The summed E-state index contributed by atoms with van der Waals surface area (Å²) in [7, 11) is 1.30. The van der Waals surface area contributed by atoms with Crippen LogP contribution in [0.4, 0.5) is 14.9 Å². The third-order valence-electron chi connectivity index (χ3n) is 6.46. The van der Waals surface area contributed by atoms with Gasteiger partial charge in [-0.05, 0) is 54.3 Å². The minimum Gasteiger partial charge on any atom is -0.480 e. The molecule has 0 radical (unpaired) electrons. The Morgan fingerprint density at radius 2 is 1.57 bits per heavy atom. The number of nitrogens with one attached hydrogen (secondary N) is 1. The third-order valence-corrected chi connectivity index (χ3v) is 6.46. The molecule has 0 saturated carbocycles. The highest BCUT2D eigenvalue weighted by atomic mass is 19.1. The number of aliphatic carboxylic acids is 1. The van der Waals surface area contributed by atoms with E-state index in [2.05, 4.69) is 5.32 Å². The molecule has 0 unspecified atom stereocenters. The minimum absolute atomic E-state index is 0.0154. The van der Waals surface area contributed by atoms with E-state index in [1.165, 1.54) is 27.0 Å². The number of halogens is 1. The molecule has 0 heterocycles. The molecule has 7 nitrogen and oxygen atoms in total. The standard InChI is InChI=1S/C27H25FN2O5/c1-27(2,25(32)33)30(3)24(31)21-14-16(28)12-13-23(21)29-26(34)35-15-22-19-10-6-4-8-17(19)18-9-5-7-11-20(18)22/h4-14,22H,15H2,1-3H3,(H,29,34)(H,32,33). The number of anilines is 1. The molecule has 3 aromatic carbocycles. The first kappa shape index (κ1) is 23.9. The number of rotatable bonds is 6. The van der Waals surface area contributed by atoms with Crippen molar-refractivity contribution in [3.63, 3.8) is 0 Å². The lowest BCUT2D eigenvalue weighted by Crippen LogP contribution is -2.50. The predicted octanol–water partition coefficient (Wildman–Crippen LogP) is 5.12. The van der Waals surface area contributed by atoms with E-state index in [4.69, 9.17) is 4.74 Å². The molecule has 1 aliphatic rings. The van der Waals surface area contributed by atoms with Gasteiger partial charge in [0.05, 0.1) is 11.3 Å². The molecule has 0 bridgehead atoms. The van der Waals surface area contributed by atoms with E-state index in [1.54, 1.807) is 0 Å². The van der Waals surface area contributed by atoms with Crippen LogP contribution in [0.5, 0.6) is 0 Å². The van der Waals surface area contributed by atoms with Gasteiger partial charge < -0.3 is 14.7 Å². The maximum Gasteiger partial charge on any atom is 0.411 e. The van der Waals surface area contributed by atoms with Gasteiger partial charge in [-0.25, -0.2) is 14.0 Å². The van der Waals surface area contributed by atoms with Gasteiger partial charge in [-0.3, -0.25) is 10.1 Å². The highest BCUT2D eigenvalue weighted by Gasteiger charge is 2.36. The summed E-state index contributed by atoms with van der Waals surface area (Å²) in [5.41, 5.74) is 2.57. The topological polar surface area (TPSA) is 95.9 Å². The lowest BCUT2D eigenvalue weighted by molar-refractivity contribution is -0.147. The second-order valence-electron chi connectivity index (χ2n) is 8.87. The molecule has 0 fully saturated rings.